The van der Waals surface area contributed by atoms with E-state index < -0.39 is 0 Å². The second-order valence-corrected chi connectivity index (χ2v) is 8.63. The van der Waals surface area contributed by atoms with Gasteiger partial charge in [-0.15, -0.1) is 0 Å². The Balaban J connectivity index is 1.42. The smallest absolute Gasteiger partial charge is 0.257 e. The van der Waals surface area contributed by atoms with Crippen LogP contribution in [0.4, 0.5) is 5.69 Å². The first kappa shape index (κ1) is 20.8. The van der Waals surface area contributed by atoms with Crippen LogP contribution < -0.4 is 4.90 Å². The van der Waals surface area contributed by atoms with Crippen molar-refractivity contribution in [3.63, 3.8) is 0 Å². The summed E-state index contributed by atoms with van der Waals surface area (Å²) in [6, 6.07) is 16.0. The average molecular weight is 426 g/mol. The molecule has 1 fully saturated rings. The number of thioether (sulfide) groups is 1. The summed E-state index contributed by atoms with van der Waals surface area (Å²) in [5.74, 6) is 0.351. The summed E-state index contributed by atoms with van der Waals surface area (Å²) in [4.78, 5) is 21.5. The highest BCUT2D eigenvalue weighted by molar-refractivity contribution is 7.99. The van der Waals surface area contributed by atoms with E-state index in [1.807, 2.05) is 43.3 Å². The van der Waals surface area contributed by atoms with Gasteiger partial charge in [0, 0.05) is 39.5 Å². The molecule has 158 valence electrons. The number of benzene rings is 2. The van der Waals surface area contributed by atoms with Crippen LogP contribution in [0.2, 0.25) is 0 Å². The van der Waals surface area contributed by atoms with Crippen LogP contribution in [0.5, 0.6) is 0 Å². The van der Waals surface area contributed by atoms with Crippen LogP contribution in [0.15, 0.2) is 58.2 Å². The summed E-state index contributed by atoms with van der Waals surface area (Å²) in [7, 11) is 4.04. The maximum atomic E-state index is 13.1. The molecule has 2 heterocycles. The third-order valence-electron chi connectivity index (χ3n) is 5.22. The molecule has 1 aliphatic heterocycles. The van der Waals surface area contributed by atoms with Crippen LogP contribution in [0, 0.1) is 0 Å². The predicted molar refractivity (Wildman–Crippen MR) is 120 cm³/mol. The topological polar surface area (TPSA) is 58.8 Å². The van der Waals surface area contributed by atoms with Gasteiger partial charge in [0.25, 0.3) is 5.22 Å². The number of anilines is 1. The molecule has 0 aliphatic carbocycles. The van der Waals surface area contributed by atoms with Crippen LogP contribution in [-0.2, 0) is 16.1 Å². The number of para-hydroxylation sites is 2. The molecule has 0 radical (unpaired) electrons. The summed E-state index contributed by atoms with van der Waals surface area (Å²) >= 11 is 1.34. The highest BCUT2D eigenvalue weighted by atomic mass is 32.2. The first-order chi connectivity index (χ1) is 14.6. The number of hydrogen-bond donors (Lipinski definition) is 0. The third-order valence-corrected chi connectivity index (χ3v) is 6.03. The van der Waals surface area contributed by atoms with E-state index in [2.05, 4.69) is 34.1 Å². The number of nitrogens with zero attached hydrogens (tertiary/aromatic N) is 3. The minimum atomic E-state index is 0.0643. The largest absolute Gasteiger partial charge is 0.431 e. The Bertz CT molecular complexity index is 948. The van der Waals surface area contributed by atoms with Crippen molar-refractivity contribution in [2.45, 2.75) is 30.7 Å². The number of oxazole rings is 1. The molecule has 3 aromatic rings. The van der Waals surface area contributed by atoms with E-state index >= 15 is 0 Å². The summed E-state index contributed by atoms with van der Waals surface area (Å²) in [6.45, 7) is 1.96. The van der Waals surface area contributed by atoms with Crippen molar-refractivity contribution in [2.75, 3.05) is 37.9 Å². The zero-order chi connectivity index (χ0) is 20.9. The van der Waals surface area contributed by atoms with Crippen molar-refractivity contribution >= 4 is 34.5 Å². The van der Waals surface area contributed by atoms with E-state index in [0.29, 0.717) is 18.3 Å². The summed E-state index contributed by atoms with van der Waals surface area (Å²) < 4.78 is 11.5. The lowest BCUT2D eigenvalue weighted by Crippen LogP contribution is -2.38. The Labute approximate surface area is 181 Å². The van der Waals surface area contributed by atoms with Crippen LogP contribution >= 0.6 is 11.8 Å². The summed E-state index contributed by atoms with van der Waals surface area (Å²) in [6.07, 6.45) is 2.17. The molecular weight excluding hydrogens is 398 g/mol. The standard InChI is InChI=1S/C23H27N3O3S/c1-25(2)18-11-9-17(10-12-18)14-26(15-19-6-5-13-28-19)22(27)16-30-23-24-20-7-3-4-8-21(20)29-23/h3-4,7-12,19H,5-6,13-16H2,1-2H3/t19-/m1/s1. The van der Waals surface area contributed by atoms with E-state index in [1.165, 1.54) is 11.8 Å². The van der Waals surface area contributed by atoms with Crippen LogP contribution in [0.3, 0.4) is 0 Å². The van der Waals surface area contributed by atoms with Gasteiger partial charge in [-0.05, 0) is 42.7 Å². The van der Waals surface area contributed by atoms with Crippen LogP contribution in [0.25, 0.3) is 11.1 Å². The van der Waals surface area contributed by atoms with Crippen molar-refractivity contribution in [1.82, 2.24) is 9.88 Å². The molecule has 0 saturated carbocycles. The Morgan fingerprint density at radius 3 is 2.67 bits per heavy atom. The molecule has 1 aliphatic rings. The fourth-order valence-corrected chi connectivity index (χ4v) is 4.28. The fraction of sp³-hybridized carbons (Fsp3) is 0.391. The fourth-order valence-electron chi connectivity index (χ4n) is 3.54. The second-order valence-electron chi connectivity index (χ2n) is 7.71. The SMILES string of the molecule is CN(C)c1ccc(CN(C[C@H]2CCCO2)C(=O)CSc2nc3ccccc3o2)cc1. The van der Waals surface area contributed by atoms with Gasteiger partial charge in [0.2, 0.25) is 5.91 Å². The number of ether oxygens (including phenoxy) is 1. The quantitative estimate of drug-likeness (QED) is 0.504. The van der Waals surface area contributed by atoms with Crippen LogP contribution in [0.1, 0.15) is 18.4 Å². The predicted octanol–water partition coefficient (Wildman–Crippen LogP) is 4.19. The minimum Gasteiger partial charge on any atom is -0.431 e. The Morgan fingerprint density at radius 2 is 1.97 bits per heavy atom. The number of hydrogen-bond acceptors (Lipinski definition) is 6. The van der Waals surface area contributed by atoms with Gasteiger partial charge in [0.1, 0.15) is 5.52 Å². The lowest BCUT2D eigenvalue weighted by molar-refractivity contribution is -0.130. The number of fused-ring (bicyclic) bond motifs is 1. The first-order valence-corrected chi connectivity index (χ1v) is 11.2. The summed E-state index contributed by atoms with van der Waals surface area (Å²) in [5.41, 5.74) is 3.80. The monoisotopic (exact) mass is 425 g/mol. The molecule has 1 aromatic heterocycles. The zero-order valence-corrected chi connectivity index (χ0v) is 18.2. The van der Waals surface area contributed by atoms with Crippen LogP contribution in [-0.4, -0.2) is 54.9 Å². The van der Waals surface area contributed by atoms with E-state index in [1.54, 1.807) is 0 Å². The highest BCUT2D eigenvalue weighted by Gasteiger charge is 2.23. The first-order valence-electron chi connectivity index (χ1n) is 10.2. The van der Waals surface area contributed by atoms with Crippen molar-refractivity contribution < 1.29 is 13.9 Å². The number of carbonyl (C=O) groups excluding carboxylic acids is 1. The van der Waals surface area contributed by atoms with Gasteiger partial charge in [-0.25, -0.2) is 4.98 Å². The molecule has 1 amide bonds. The Morgan fingerprint density at radius 1 is 1.17 bits per heavy atom. The molecule has 0 spiro atoms. The lowest BCUT2D eigenvalue weighted by Gasteiger charge is -2.25. The molecule has 7 heteroatoms. The molecule has 0 N–H and O–H groups in total. The lowest BCUT2D eigenvalue weighted by atomic mass is 10.1. The minimum absolute atomic E-state index is 0.0643. The third kappa shape index (κ3) is 5.15. The molecule has 4 rings (SSSR count). The molecular formula is C23H27N3O3S. The maximum absolute atomic E-state index is 13.1. The zero-order valence-electron chi connectivity index (χ0n) is 17.4. The maximum Gasteiger partial charge on any atom is 0.257 e. The van der Waals surface area contributed by atoms with Gasteiger partial charge in [-0.2, -0.15) is 0 Å². The van der Waals surface area contributed by atoms with Gasteiger partial charge in [-0.1, -0.05) is 36.0 Å². The van der Waals surface area contributed by atoms with Crippen molar-refractivity contribution in [1.29, 1.82) is 0 Å². The average Bonchev–Trinajstić information content (AvgIpc) is 3.41. The van der Waals surface area contributed by atoms with Crippen molar-refractivity contribution in [2.24, 2.45) is 0 Å². The van der Waals surface area contributed by atoms with Gasteiger partial charge in [-0.3, -0.25) is 4.79 Å². The van der Waals surface area contributed by atoms with E-state index in [-0.39, 0.29) is 17.8 Å². The van der Waals surface area contributed by atoms with Gasteiger partial charge in [0.05, 0.1) is 11.9 Å². The number of carbonyl (C=O) groups is 1. The Hall–Kier alpha value is -2.51. The molecule has 1 atom stereocenters. The summed E-state index contributed by atoms with van der Waals surface area (Å²) in [5, 5.41) is 0.525. The van der Waals surface area contributed by atoms with Gasteiger partial charge < -0.3 is 19.0 Å². The van der Waals surface area contributed by atoms with Gasteiger partial charge >= 0.3 is 0 Å². The van der Waals surface area contributed by atoms with Gasteiger partial charge in [0.15, 0.2) is 5.58 Å². The van der Waals surface area contributed by atoms with E-state index in [0.717, 1.165) is 41.8 Å². The molecule has 6 nitrogen and oxygen atoms in total. The van der Waals surface area contributed by atoms with E-state index in [4.69, 9.17) is 9.15 Å². The molecule has 0 bridgehead atoms. The normalized spacial score (nSPS) is 16.1. The number of rotatable bonds is 8. The highest BCUT2D eigenvalue weighted by Crippen LogP contribution is 2.24. The molecule has 0 unspecified atom stereocenters. The number of amides is 1. The van der Waals surface area contributed by atoms with E-state index in [9.17, 15) is 4.79 Å². The number of aromatic nitrogens is 1. The van der Waals surface area contributed by atoms with Crippen molar-refractivity contribution in [3.8, 4) is 0 Å². The second kappa shape index (κ2) is 9.53. The molecule has 2 aromatic carbocycles. The molecule has 30 heavy (non-hydrogen) atoms. The molecule has 1 saturated heterocycles. The Kier molecular flexibility index (Phi) is 6.59. The van der Waals surface area contributed by atoms with Crippen molar-refractivity contribution in [3.05, 3.63) is 54.1 Å².